The van der Waals surface area contributed by atoms with Gasteiger partial charge in [-0.25, -0.2) is 12.7 Å². The van der Waals surface area contributed by atoms with E-state index in [2.05, 4.69) is 11.8 Å². The number of rotatable bonds is 6. The Morgan fingerprint density at radius 3 is 2.48 bits per heavy atom. The van der Waals surface area contributed by atoms with Gasteiger partial charge in [0.2, 0.25) is 10.0 Å². The molecule has 130 valence electrons. The lowest BCUT2D eigenvalue weighted by Gasteiger charge is -2.29. The van der Waals surface area contributed by atoms with Crippen LogP contribution in [0.15, 0.2) is 28.0 Å². The normalized spacial score (nSPS) is 18.3. The molecular weight excluding hydrogens is 318 g/mol. The van der Waals surface area contributed by atoms with E-state index >= 15 is 0 Å². The standard InChI is InChI=1S/C15H25N3O4S/c1-13(10-17-6-8-22-9-7-17)11-18-12-14(4-5-15(18)19)23(20,21)16(2)3/h4-5,12-13H,6-11H2,1-3H3. The van der Waals surface area contributed by atoms with Gasteiger partial charge in [0.1, 0.15) is 0 Å². The Morgan fingerprint density at radius 1 is 1.22 bits per heavy atom. The van der Waals surface area contributed by atoms with Crippen molar-refractivity contribution in [1.29, 1.82) is 0 Å². The number of ether oxygens (including phenoxy) is 1. The predicted molar refractivity (Wildman–Crippen MR) is 88.0 cm³/mol. The van der Waals surface area contributed by atoms with E-state index < -0.39 is 10.0 Å². The smallest absolute Gasteiger partial charge is 0.250 e. The fourth-order valence-electron chi connectivity index (χ4n) is 2.63. The van der Waals surface area contributed by atoms with Gasteiger partial charge < -0.3 is 9.30 Å². The van der Waals surface area contributed by atoms with Crippen molar-refractivity contribution < 1.29 is 13.2 Å². The van der Waals surface area contributed by atoms with Gasteiger partial charge in [0.15, 0.2) is 0 Å². The molecule has 2 rings (SSSR count). The quantitative estimate of drug-likeness (QED) is 0.731. The molecule has 23 heavy (non-hydrogen) atoms. The van der Waals surface area contributed by atoms with Crippen LogP contribution in [0.4, 0.5) is 0 Å². The van der Waals surface area contributed by atoms with Crippen LogP contribution in [0, 0.1) is 5.92 Å². The first-order chi connectivity index (χ1) is 10.8. The molecule has 1 fully saturated rings. The van der Waals surface area contributed by atoms with Crippen molar-refractivity contribution in [3.8, 4) is 0 Å². The number of aromatic nitrogens is 1. The Kier molecular flexibility index (Phi) is 5.96. The number of hydrogen-bond donors (Lipinski definition) is 0. The average Bonchev–Trinajstić information content (AvgIpc) is 2.50. The highest BCUT2D eigenvalue weighted by Gasteiger charge is 2.19. The van der Waals surface area contributed by atoms with E-state index in [0.29, 0.717) is 6.54 Å². The number of sulfonamides is 1. The van der Waals surface area contributed by atoms with E-state index in [4.69, 9.17) is 4.74 Å². The Balaban J connectivity index is 2.11. The van der Waals surface area contributed by atoms with Gasteiger partial charge in [-0.1, -0.05) is 6.92 Å². The summed E-state index contributed by atoms with van der Waals surface area (Å²) in [5, 5.41) is 0. The van der Waals surface area contributed by atoms with E-state index in [0.717, 1.165) is 37.2 Å². The molecule has 1 unspecified atom stereocenters. The molecule has 0 bridgehead atoms. The van der Waals surface area contributed by atoms with Crippen molar-refractivity contribution in [2.45, 2.75) is 18.4 Å². The fourth-order valence-corrected chi connectivity index (χ4v) is 3.56. The molecule has 1 aromatic heterocycles. The number of nitrogens with zero attached hydrogens (tertiary/aromatic N) is 3. The molecule has 1 atom stereocenters. The molecule has 1 saturated heterocycles. The lowest BCUT2D eigenvalue weighted by molar-refractivity contribution is 0.0306. The predicted octanol–water partition coefficient (Wildman–Crippen LogP) is 0.0669. The van der Waals surface area contributed by atoms with Crippen LogP contribution in [-0.2, 0) is 21.3 Å². The molecule has 1 aliphatic heterocycles. The second kappa shape index (κ2) is 7.57. The van der Waals surface area contributed by atoms with Crippen LogP contribution in [0.25, 0.3) is 0 Å². The third kappa shape index (κ3) is 4.63. The summed E-state index contributed by atoms with van der Waals surface area (Å²) >= 11 is 0. The zero-order valence-corrected chi connectivity index (χ0v) is 14.8. The molecule has 2 heterocycles. The second-order valence-corrected chi connectivity index (χ2v) is 8.31. The van der Waals surface area contributed by atoms with Crippen molar-refractivity contribution in [1.82, 2.24) is 13.8 Å². The van der Waals surface area contributed by atoms with Crippen molar-refractivity contribution in [3.63, 3.8) is 0 Å². The Bertz CT molecular complexity index is 678. The fraction of sp³-hybridized carbons (Fsp3) is 0.667. The highest BCUT2D eigenvalue weighted by Crippen LogP contribution is 2.12. The zero-order chi connectivity index (χ0) is 17.0. The number of morpholine rings is 1. The molecule has 0 radical (unpaired) electrons. The Morgan fingerprint density at radius 2 is 1.87 bits per heavy atom. The highest BCUT2D eigenvalue weighted by molar-refractivity contribution is 7.89. The van der Waals surface area contributed by atoms with E-state index in [9.17, 15) is 13.2 Å². The van der Waals surface area contributed by atoms with Crippen LogP contribution in [0.3, 0.4) is 0 Å². The van der Waals surface area contributed by atoms with Crippen molar-refractivity contribution in [2.75, 3.05) is 46.9 Å². The van der Waals surface area contributed by atoms with Crippen LogP contribution >= 0.6 is 0 Å². The highest BCUT2D eigenvalue weighted by atomic mass is 32.2. The molecule has 8 heteroatoms. The first-order valence-corrected chi connectivity index (χ1v) is 9.18. The van der Waals surface area contributed by atoms with Crippen molar-refractivity contribution in [3.05, 3.63) is 28.7 Å². The van der Waals surface area contributed by atoms with Crippen molar-refractivity contribution in [2.24, 2.45) is 5.92 Å². The molecule has 7 nitrogen and oxygen atoms in total. The number of hydrogen-bond acceptors (Lipinski definition) is 5. The van der Waals surface area contributed by atoms with Gasteiger partial charge in [0.05, 0.1) is 18.1 Å². The molecule has 0 amide bonds. The van der Waals surface area contributed by atoms with E-state index in [1.807, 2.05) is 0 Å². The van der Waals surface area contributed by atoms with Gasteiger partial charge in [0, 0.05) is 52.5 Å². The van der Waals surface area contributed by atoms with E-state index in [1.165, 1.54) is 37.0 Å². The van der Waals surface area contributed by atoms with Crippen LogP contribution < -0.4 is 5.56 Å². The molecule has 0 aliphatic carbocycles. The van der Waals surface area contributed by atoms with E-state index in [-0.39, 0.29) is 16.4 Å². The zero-order valence-electron chi connectivity index (χ0n) is 13.9. The summed E-state index contributed by atoms with van der Waals surface area (Å²) in [6.07, 6.45) is 1.44. The molecule has 0 saturated carbocycles. The SMILES string of the molecule is CC(CN1CCOCC1)Cn1cc(S(=O)(=O)N(C)C)ccc1=O. The number of pyridine rings is 1. The van der Waals surface area contributed by atoms with E-state index in [1.54, 1.807) is 0 Å². The topological polar surface area (TPSA) is 71.8 Å². The van der Waals surface area contributed by atoms with Gasteiger partial charge in [-0.05, 0) is 12.0 Å². The largest absolute Gasteiger partial charge is 0.379 e. The summed E-state index contributed by atoms with van der Waals surface area (Å²) in [4.78, 5) is 14.5. The maximum absolute atomic E-state index is 12.2. The lowest BCUT2D eigenvalue weighted by Crippen LogP contribution is -2.40. The van der Waals surface area contributed by atoms with Gasteiger partial charge in [0.25, 0.3) is 5.56 Å². The van der Waals surface area contributed by atoms with Crippen molar-refractivity contribution >= 4 is 10.0 Å². The Hall–Kier alpha value is -1.22. The molecular formula is C15H25N3O4S. The minimum atomic E-state index is -3.53. The third-order valence-corrected chi connectivity index (χ3v) is 5.72. The monoisotopic (exact) mass is 343 g/mol. The summed E-state index contributed by atoms with van der Waals surface area (Å²) in [5.41, 5.74) is -0.184. The molecule has 0 spiro atoms. The molecule has 1 aromatic rings. The summed E-state index contributed by atoms with van der Waals surface area (Å²) in [7, 11) is -0.576. The lowest BCUT2D eigenvalue weighted by atomic mass is 10.1. The maximum atomic E-state index is 12.2. The average molecular weight is 343 g/mol. The summed E-state index contributed by atoms with van der Waals surface area (Å²) in [6.45, 7) is 6.69. The van der Waals surface area contributed by atoms with Crippen LogP contribution in [0.2, 0.25) is 0 Å². The minimum Gasteiger partial charge on any atom is -0.379 e. The van der Waals surface area contributed by atoms with Gasteiger partial charge in [-0.2, -0.15) is 0 Å². The molecule has 1 aliphatic rings. The third-order valence-electron chi connectivity index (χ3n) is 3.92. The van der Waals surface area contributed by atoms with Gasteiger partial charge in [-0.3, -0.25) is 9.69 Å². The summed E-state index contributed by atoms with van der Waals surface area (Å²) < 4.78 is 32.3. The minimum absolute atomic E-state index is 0.140. The first kappa shape index (κ1) is 18.1. The Labute approximate surface area is 137 Å². The second-order valence-electron chi connectivity index (χ2n) is 6.16. The maximum Gasteiger partial charge on any atom is 0.250 e. The van der Waals surface area contributed by atoms with Gasteiger partial charge in [-0.15, -0.1) is 0 Å². The molecule has 0 N–H and O–H groups in total. The van der Waals surface area contributed by atoms with Crippen LogP contribution in [0.5, 0.6) is 0 Å². The summed E-state index contributed by atoms with van der Waals surface area (Å²) in [5.74, 6) is 0.239. The van der Waals surface area contributed by atoms with Crippen LogP contribution in [0.1, 0.15) is 6.92 Å². The summed E-state index contributed by atoms with van der Waals surface area (Å²) in [6, 6.07) is 2.68. The van der Waals surface area contributed by atoms with Gasteiger partial charge >= 0.3 is 0 Å². The first-order valence-electron chi connectivity index (χ1n) is 7.74. The molecule has 0 aromatic carbocycles. The van der Waals surface area contributed by atoms with Crippen LogP contribution in [-0.4, -0.2) is 69.1 Å².